The molecule has 0 unspecified atom stereocenters. The summed E-state index contributed by atoms with van der Waals surface area (Å²) in [5, 5.41) is 6.91. The van der Waals surface area contributed by atoms with E-state index in [9.17, 15) is 0 Å². The number of fused-ring (bicyclic) bond motifs is 6. The third-order valence-corrected chi connectivity index (χ3v) is 10.3. The zero-order chi connectivity index (χ0) is 34.4. The Balaban J connectivity index is 1.18. The van der Waals surface area contributed by atoms with E-state index in [2.05, 4.69) is 205 Å². The van der Waals surface area contributed by atoms with Crippen LogP contribution >= 0.6 is 0 Å². The number of hydrogen-bond acceptors (Lipinski definition) is 2. The molecule has 0 saturated heterocycles. The molecule has 0 aliphatic carbocycles. The van der Waals surface area contributed by atoms with E-state index in [4.69, 9.17) is 4.42 Å². The summed E-state index contributed by atoms with van der Waals surface area (Å²) in [5.74, 6) is 0. The minimum absolute atomic E-state index is 0.919. The highest BCUT2D eigenvalue weighted by Gasteiger charge is 2.21. The summed E-state index contributed by atoms with van der Waals surface area (Å²) in [7, 11) is 0. The zero-order valence-corrected chi connectivity index (χ0v) is 28.4. The molecule has 10 aromatic rings. The van der Waals surface area contributed by atoms with Crippen LogP contribution in [0, 0.1) is 0 Å². The molecule has 52 heavy (non-hydrogen) atoms. The fraction of sp³-hybridized carbons (Fsp3) is 0. The second-order valence-electron chi connectivity index (χ2n) is 13.3. The monoisotopic (exact) mass is 663 g/mol. The quantitative estimate of drug-likeness (QED) is 0.176. The SMILES string of the molecule is c1ccc(-c2ccc(N(c3ccccc3)c3ccc(-c4cc5c6cccc(-c7ccccc7)c6oc5c5ccccc45)c4ccccc34)cc2)cc1. The van der Waals surface area contributed by atoms with Crippen LogP contribution in [-0.2, 0) is 0 Å². The Labute approximate surface area is 302 Å². The van der Waals surface area contributed by atoms with E-state index in [-0.39, 0.29) is 0 Å². The van der Waals surface area contributed by atoms with Gasteiger partial charge in [0.25, 0.3) is 0 Å². The smallest absolute Gasteiger partial charge is 0.143 e. The molecule has 0 saturated carbocycles. The van der Waals surface area contributed by atoms with Crippen LogP contribution in [0.4, 0.5) is 17.1 Å². The fourth-order valence-corrected chi connectivity index (χ4v) is 7.84. The summed E-state index contributed by atoms with van der Waals surface area (Å²) in [6.07, 6.45) is 0. The molecule has 0 bridgehead atoms. The zero-order valence-electron chi connectivity index (χ0n) is 28.4. The summed E-state index contributed by atoms with van der Waals surface area (Å²) in [6.45, 7) is 0. The Hall–Kier alpha value is -6.90. The number of anilines is 3. The van der Waals surface area contributed by atoms with Crippen molar-refractivity contribution in [1.82, 2.24) is 0 Å². The van der Waals surface area contributed by atoms with E-state index in [0.717, 1.165) is 55.5 Å². The molecule has 2 nitrogen and oxygen atoms in total. The Morgan fingerprint density at radius 2 is 0.808 bits per heavy atom. The fourth-order valence-electron chi connectivity index (χ4n) is 7.84. The van der Waals surface area contributed by atoms with Gasteiger partial charge >= 0.3 is 0 Å². The lowest BCUT2D eigenvalue weighted by Gasteiger charge is -2.27. The maximum Gasteiger partial charge on any atom is 0.143 e. The van der Waals surface area contributed by atoms with E-state index in [1.807, 2.05) is 0 Å². The second-order valence-corrected chi connectivity index (χ2v) is 13.3. The molecule has 0 N–H and O–H groups in total. The molecular weight excluding hydrogens is 631 g/mol. The molecule has 0 aliphatic rings. The number of para-hydroxylation sites is 2. The van der Waals surface area contributed by atoms with Gasteiger partial charge in [-0.15, -0.1) is 0 Å². The highest BCUT2D eigenvalue weighted by atomic mass is 16.3. The van der Waals surface area contributed by atoms with Gasteiger partial charge in [0.1, 0.15) is 11.2 Å². The molecule has 9 aromatic carbocycles. The van der Waals surface area contributed by atoms with E-state index >= 15 is 0 Å². The lowest BCUT2D eigenvalue weighted by atomic mass is 9.91. The number of hydrogen-bond donors (Lipinski definition) is 0. The van der Waals surface area contributed by atoms with Crippen LogP contribution in [0.2, 0.25) is 0 Å². The van der Waals surface area contributed by atoms with Crippen molar-refractivity contribution in [1.29, 1.82) is 0 Å². The topological polar surface area (TPSA) is 16.4 Å². The molecule has 1 aromatic heterocycles. The Kier molecular flexibility index (Phi) is 7.18. The Morgan fingerprint density at radius 3 is 1.52 bits per heavy atom. The number of furan rings is 1. The minimum Gasteiger partial charge on any atom is -0.455 e. The number of benzene rings is 9. The average molecular weight is 664 g/mol. The summed E-state index contributed by atoms with van der Waals surface area (Å²) >= 11 is 0. The molecule has 10 rings (SSSR count). The first-order chi connectivity index (χ1) is 25.8. The number of rotatable bonds is 6. The van der Waals surface area contributed by atoms with Crippen LogP contribution in [0.3, 0.4) is 0 Å². The Bertz CT molecular complexity index is 2870. The van der Waals surface area contributed by atoms with E-state index in [1.54, 1.807) is 0 Å². The normalized spacial score (nSPS) is 11.5. The van der Waals surface area contributed by atoms with Crippen molar-refractivity contribution in [3.05, 3.63) is 200 Å². The van der Waals surface area contributed by atoms with Crippen molar-refractivity contribution in [3.8, 4) is 33.4 Å². The van der Waals surface area contributed by atoms with Gasteiger partial charge in [-0.1, -0.05) is 164 Å². The van der Waals surface area contributed by atoms with Crippen LogP contribution in [-0.4, -0.2) is 0 Å². The van der Waals surface area contributed by atoms with Gasteiger partial charge in [0, 0.05) is 38.5 Å². The summed E-state index contributed by atoms with van der Waals surface area (Å²) in [6, 6.07) is 71.5. The summed E-state index contributed by atoms with van der Waals surface area (Å²) in [4.78, 5) is 2.37. The first kappa shape index (κ1) is 30.0. The highest BCUT2D eigenvalue weighted by molar-refractivity contribution is 6.22. The van der Waals surface area contributed by atoms with Crippen LogP contribution in [0.25, 0.3) is 76.9 Å². The Morgan fingerprint density at radius 1 is 0.288 bits per heavy atom. The number of nitrogens with zero attached hydrogens (tertiary/aromatic N) is 1. The average Bonchev–Trinajstić information content (AvgIpc) is 3.61. The molecule has 0 atom stereocenters. The molecule has 0 radical (unpaired) electrons. The van der Waals surface area contributed by atoms with Crippen LogP contribution in [0.15, 0.2) is 205 Å². The standard InChI is InChI=1S/C50H33NO/c1-4-15-34(16-5-1)35-27-29-38(30-28-35)51(37-19-8-3-9-20-37)48-32-31-42(40-21-10-12-23-43(40)48)46-33-47-45-26-14-25-39(36-17-6-2-7-18-36)49(45)52-50(47)44-24-13-11-22-41(44)46/h1-33H. The van der Waals surface area contributed by atoms with Crippen molar-refractivity contribution in [2.45, 2.75) is 0 Å². The van der Waals surface area contributed by atoms with Gasteiger partial charge in [-0.25, -0.2) is 0 Å². The predicted octanol–water partition coefficient (Wildman–Crippen LogP) is 14.4. The first-order valence-electron chi connectivity index (χ1n) is 17.8. The molecule has 0 aliphatic heterocycles. The predicted molar refractivity (Wildman–Crippen MR) is 220 cm³/mol. The minimum atomic E-state index is 0.919. The lowest BCUT2D eigenvalue weighted by molar-refractivity contribution is 0.674. The van der Waals surface area contributed by atoms with Crippen molar-refractivity contribution in [2.75, 3.05) is 4.90 Å². The summed E-state index contributed by atoms with van der Waals surface area (Å²) in [5.41, 5.74) is 12.2. The molecule has 1 heterocycles. The lowest BCUT2D eigenvalue weighted by Crippen LogP contribution is -2.10. The van der Waals surface area contributed by atoms with Crippen molar-refractivity contribution in [3.63, 3.8) is 0 Å². The van der Waals surface area contributed by atoms with Crippen molar-refractivity contribution >= 4 is 60.5 Å². The van der Waals surface area contributed by atoms with Crippen molar-refractivity contribution in [2.24, 2.45) is 0 Å². The first-order valence-corrected chi connectivity index (χ1v) is 17.8. The maximum absolute atomic E-state index is 6.81. The van der Waals surface area contributed by atoms with Gasteiger partial charge < -0.3 is 9.32 Å². The third-order valence-electron chi connectivity index (χ3n) is 10.3. The molecule has 0 amide bonds. The second kappa shape index (κ2) is 12.5. The summed E-state index contributed by atoms with van der Waals surface area (Å²) < 4.78 is 6.81. The molecule has 0 fully saturated rings. The molecule has 244 valence electrons. The van der Waals surface area contributed by atoms with E-state index < -0.39 is 0 Å². The maximum atomic E-state index is 6.81. The van der Waals surface area contributed by atoms with Crippen LogP contribution < -0.4 is 4.90 Å². The van der Waals surface area contributed by atoms with Crippen molar-refractivity contribution < 1.29 is 4.42 Å². The molecule has 2 heteroatoms. The van der Waals surface area contributed by atoms with E-state index in [1.165, 1.54) is 38.4 Å². The van der Waals surface area contributed by atoms with Crippen LogP contribution in [0.5, 0.6) is 0 Å². The molecular formula is C50H33NO. The van der Waals surface area contributed by atoms with E-state index in [0.29, 0.717) is 0 Å². The largest absolute Gasteiger partial charge is 0.455 e. The van der Waals surface area contributed by atoms with Gasteiger partial charge in [0.2, 0.25) is 0 Å². The molecule has 0 spiro atoms. The van der Waals surface area contributed by atoms with Gasteiger partial charge in [0.05, 0.1) is 5.69 Å². The third kappa shape index (κ3) is 4.96. The highest BCUT2D eigenvalue weighted by Crippen LogP contribution is 2.46. The van der Waals surface area contributed by atoms with Gasteiger partial charge in [-0.3, -0.25) is 0 Å². The van der Waals surface area contributed by atoms with Crippen LogP contribution in [0.1, 0.15) is 0 Å². The van der Waals surface area contributed by atoms with Gasteiger partial charge in [-0.05, 0) is 75.0 Å². The van der Waals surface area contributed by atoms with Gasteiger partial charge in [-0.2, -0.15) is 0 Å². The van der Waals surface area contributed by atoms with Gasteiger partial charge in [0.15, 0.2) is 0 Å².